The number of nitrogens with two attached hydrogens (primary N) is 1. The summed E-state index contributed by atoms with van der Waals surface area (Å²) in [4.78, 5) is 8.46. The second kappa shape index (κ2) is 4.85. The predicted octanol–water partition coefficient (Wildman–Crippen LogP) is 2.22. The van der Waals surface area contributed by atoms with E-state index in [0.717, 1.165) is 5.03 Å². The van der Waals surface area contributed by atoms with Crippen molar-refractivity contribution in [2.75, 3.05) is 12.8 Å². The van der Waals surface area contributed by atoms with Crippen LogP contribution in [0.2, 0.25) is 0 Å². The van der Waals surface area contributed by atoms with Gasteiger partial charge in [-0.2, -0.15) is 0 Å². The Morgan fingerprint density at radius 1 is 1.25 bits per heavy atom. The fourth-order valence-corrected chi connectivity index (χ4v) is 1.92. The fourth-order valence-electron chi connectivity index (χ4n) is 1.14. The molecule has 0 spiro atoms. The first-order valence-corrected chi connectivity index (χ1v) is 5.50. The number of rotatable bonds is 3. The molecule has 4 nitrogen and oxygen atoms in total. The Hall–Kier alpha value is -1.75. The molecular weight excluding hydrogens is 222 g/mol. The maximum atomic E-state index is 5.83. The van der Waals surface area contributed by atoms with E-state index in [4.69, 9.17) is 10.5 Å². The van der Waals surface area contributed by atoms with Crippen LogP contribution in [0.15, 0.2) is 46.6 Å². The number of hydrogen-bond donors (Lipinski definition) is 1. The van der Waals surface area contributed by atoms with Gasteiger partial charge < -0.3 is 10.5 Å². The lowest BCUT2D eigenvalue weighted by atomic mass is 10.4. The van der Waals surface area contributed by atoms with Crippen molar-refractivity contribution >= 4 is 17.4 Å². The van der Waals surface area contributed by atoms with E-state index in [2.05, 4.69) is 9.97 Å². The first-order chi connectivity index (χ1) is 7.79. The molecule has 0 aliphatic rings. The number of nitrogen functional groups attached to an aromatic ring is 1. The van der Waals surface area contributed by atoms with Crippen molar-refractivity contribution in [1.82, 2.24) is 9.97 Å². The standard InChI is InChI=1S/C11H11N3OS/c1-15-9-6-5-8(12)11(14-9)16-10-4-2-3-7-13-10/h2-7H,12H2,1H3. The average molecular weight is 233 g/mol. The van der Waals surface area contributed by atoms with E-state index in [1.54, 1.807) is 25.4 Å². The van der Waals surface area contributed by atoms with Crippen LogP contribution in [0.4, 0.5) is 5.69 Å². The van der Waals surface area contributed by atoms with Crippen LogP contribution in [0.5, 0.6) is 5.88 Å². The van der Waals surface area contributed by atoms with Crippen LogP contribution in [0.1, 0.15) is 0 Å². The van der Waals surface area contributed by atoms with E-state index in [9.17, 15) is 0 Å². The molecule has 2 aromatic rings. The molecule has 0 radical (unpaired) electrons. The molecular formula is C11H11N3OS. The minimum Gasteiger partial charge on any atom is -0.481 e. The van der Waals surface area contributed by atoms with Crippen molar-refractivity contribution in [2.24, 2.45) is 0 Å². The summed E-state index contributed by atoms with van der Waals surface area (Å²) in [5, 5.41) is 1.56. The van der Waals surface area contributed by atoms with E-state index in [-0.39, 0.29) is 0 Å². The zero-order valence-electron chi connectivity index (χ0n) is 8.75. The van der Waals surface area contributed by atoms with E-state index < -0.39 is 0 Å². The Morgan fingerprint density at radius 2 is 2.12 bits per heavy atom. The highest BCUT2D eigenvalue weighted by Crippen LogP contribution is 2.30. The quantitative estimate of drug-likeness (QED) is 0.880. The molecule has 0 aliphatic heterocycles. The second-order valence-corrected chi connectivity index (χ2v) is 4.03. The topological polar surface area (TPSA) is 61.0 Å². The average Bonchev–Trinajstić information content (AvgIpc) is 2.33. The number of anilines is 1. The van der Waals surface area contributed by atoms with Crippen LogP contribution < -0.4 is 10.5 Å². The van der Waals surface area contributed by atoms with Crippen molar-refractivity contribution in [3.05, 3.63) is 36.5 Å². The number of ether oxygens (including phenoxy) is 1. The molecule has 0 unspecified atom stereocenters. The Morgan fingerprint density at radius 3 is 2.81 bits per heavy atom. The van der Waals surface area contributed by atoms with Gasteiger partial charge in [0.15, 0.2) is 0 Å². The highest BCUT2D eigenvalue weighted by Gasteiger charge is 2.06. The van der Waals surface area contributed by atoms with Crippen LogP contribution in [0, 0.1) is 0 Å². The SMILES string of the molecule is COc1ccc(N)c(Sc2ccccn2)n1. The lowest BCUT2D eigenvalue weighted by Gasteiger charge is -2.05. The number of hydrogen-bond acceptors (Lipinski definition) is 5. The smallest absolute Gasteiger partial charge is 0.214 e. The third-order valence-electron chi connectivity index (χ3n) is 1.91. The predicted molar refractivity (Wildman–Crippen MR) is 63.6 cm³/mol. The minimum absolute atomic E-state index is 0.549. The summed E-state index contributed by atoms with van der Waals surface area (Å²) in [6, 6.07) is 9.21. The number of nitrogens with zero attached hydrogens (tertiary/aromatic N) is 2. The molecule has 5 heteroatoms. The van der Waals surface area contributed by atoms with Gasteiger partial charge in [-0.05, 0) is 30.0 Å². The van der Waals surface area contributed by atoms with Crippen molar-refractivity contribution in [1.29, 1.82) is 0 Å². The van der Waals surface area contributed by atoms with Crippen LogP contribution in [0.25, 0.3) is 0 Å². The normalized spacial score (nSPS) is 10.1. The third-order valence-corrected chi connectivity index (χ3v) is 2.88. The summed E-state index contributed by atoms with van der Waals surface area (Å²) in [5.41, 5.74) is 6.45. The van der Waals surface area contributed by atoms with Crippen LogP contribution >= 0.6 is 11.8 Å². The highest BCUT2D eigenvalue weighted by atomic mass is 32.2. The number of pyridine rings is 2. The zero-order chi connectivity index (χ0) is 11.4. The summed E-state index contributed by atoms with van der Waals surface area (Å²) in [7, 11) is 1.58. The fraction of sp³-hybridized carbons (Fsp3) is 0.0909. The van der Waals surface area contributed by atoms with Crippen LogP contribution in [-0.4, -0.2) is 17.1 Å². The molecule has 2 heterocycles. The van der Waals surface area contributed by atoms with Gasteiger partial charge in [0.25, 0.3) is 0 Å². The van der Waals surface area contributed by atoms with Gasteiger partial charge in [0.2, 0.25) is 5.88 Å². The van der Waals surface area contributed by atoms with Crippen molar-refractivity contribution in [3.63, 3.8) is 0 Å². The third kappa shape index (κ3) is 2.43. The zero-order valence-corrected chi connectivity index (χ0v) is 9.57. The van der Waals surface area contributed by atoms with Gasteiger partial charge in [-0.3, -0.25) is 0 Å². The molecule has 2 aromatic heterocycles. The molecule has 0 atom stereocenters. The Bertz CT molecular complexity index is 476. The molecule has 0 saturated heterocycles. The summed E-state index contributed by atoms with van der Waals surface area (Å²) >= 11 is 1.42. The Balaban J connectivity index is 2.27. The molecule has 0 bridgehead atoms. The van der Waals surface area contributed by atoms with Gasteiger partial charge in [0.05, 0.1) is 12.8 Å². The Labute approximate surface area is 97.9 Å². The van der Waals surface area contributed by atoms with Crippen molar-refractivity contribution < 1.29 is 4.74 Å². The van der Waals surface area contributed by atoms with E-state index in [1.165, 1.54) is 11.8 Å². The molecule has 16 heavy (non-hydrogen) atoms. The minimum atomic E-state index is 0.549. The van der Waals surface area contributed by atoms with Crippen molar-refractivity contribution in [2.45, 2.75) is 10.1 Å². The van der Waals surface area contributed by atoms with Gasteiger partial charge in [-0.15, -0.1) is 0 Å². The summed E-state index contributed by atoms with van der Waals surface area (Å²) < 4.78 is 5.05. The largest absolute Gasteiger partial charge is 0.481 e. The maximum absolute atomic E-state index is 5.83. The molecule has 0 aliphatic carbocycles. The Kier molecular flexibility index (Phi) is 3.26. The monoisotopic (exact) mass is 233 g/mol. The first kappa shape index (κ1) is 10.8. The van der Waals surface area contributed by atoms with E-state index in [1.807, 2.05) is 18.2 Å². The molecule has 0 amide bonds. The highest BCUT2D eigenvalue weighted by molar-refractivity contribution is 7.99. The van der Waals surface area contributed by atoms with Gasteiger partial charge in [-0.1, -0.05) is 6.07 Å². The van der Waals surface area contributed by atoms with Crippen molar-refractivity contribution in [3.8, 4) is 5.88 Å². The lowest BCUT2D eigenvalue weighted by molar-refractivity contribution is 0.395. The van der Waals surface area contributed by atoms with Gasteiger partial charge in [0, 0.05) is 12.3 Å². The van der Waals surface area contributed by atoms with Gasteiger partial charge in [0.1, 0.15) is 10.1 Å². The van der Waals surface area contributed by atoms with Gasteiger partial charge >= 0.3 is 0 Å². The molecule has 0 fully saturated rings. The molecule has 0 saturated carbocycles. The second-order valence-electron chi connectivity index (χ2n) is 3.02. The maximum Gasteiger partial charge on any atom is 0.214 e. The van der Waals surface area contributed by atoms with E-state index >= 15 is 0 Å². The molecule has 0 aromatic carbocycles. The lowest BCUT2D eigenvalue weighted by Crippen LogP contribution is -1.95. The number of aromatic nitrogens is 2. The van der Waals surface area contributed by atoms with Gasteiger partial charge in [-0.25, -0.2) is 9.97 Å². The summed E-state index contributed by atoms with van der Waals surface area (Å²) in [6.45, 7) is 0. The number of methoxy groups -OCH3 is 1. The molecule has 2 N–H and O–H groups in total. The molecule has 2 rings (SSSR count). The van der Waals surface area contributed by atoms with Crippen LogP contribution in [0.3, 0.4) is 0 Å². The van der Waals surface area contributed by atoms with Crippen LogP contribution in [-0.2, 0) is 0 Å². The van der Waals surface area contributed by atoms with E-state index in [0.29, 0.717) is 16.6 Å². The summed E-state index contributed by atoms with van der Waals surface area (Å²) in [6.07, 6.45) is 1.73. The molecule has 82 valence electrons. The summed E-state index contributed by atoms with van der Waals surface area (Å²) in [5.74, 6) is 0.549. The first-order valence-electron chi connectivity index (χ1n) is 4.69.